The third-order valence-corrected chi connectivity index (χ3v) is 3.89. The zero-order chi connectivity index (χ0) is 13.5. The summed E-state index contributed by atoms with van der Waals surface area (Å²) < 4.78 is 29.8. The van der Waals surface area contributed by atoms with Crippen molar-refractivity contribution in [3.63, 3.8) is 0 Å². The average molecular weight is 267 g/mol. The zero-order valence-corrected chi connectivity index (χ0v) is 11.3. The van der Waals surface area contributed by atoms with Crippen LogP contribution in [-0.2, 0) is 14.8 Å². The van der Waals surface area contributed by atoms with Gasteiger partial charge in [0, 0.05) is 20.0 Å². The lowest BCUT2D eigenvalue weighted by atomic mass is 10.4. The van der Waals surface area contributed by atoms with E-state index in [0.717, 1.165) is 0 Å². The van der Waals surface area contributed by atoms with Crippen LogP contribution in [0.2, 0.25) is 0 Å². The van der Waals surface area contributed by atoms with Gasteiger partial charge in [-0.3, -0.25) is 0 Å². The van der Waals surface area contributed by atoms with E-state index in [0.29, 0.717) is 0 Å². The number of hydrogen-bond donors (Lipinski definition) is 2. The molecule has 0 radical (unpaired) electrons. The van der Waals surface area contributed by atoms with E-state index in [1.165, 1.54) is 11.4 Å². The molecular formula is C9H21N3O4S. The molecular weight excluding hydrogens is 246 g/mol. The van der Waals surface area contributed by atoms with Crippen LogP contribution in [-0.4, -0.2) is 55.8 Å². The predicted octanol–water partition coefficient (Wildman–Crippen LogP) is -0.190. The first-order valence-corrected chi connectivity index (χ1v) is 6.92. The topological polar surface area (TPSA) is 105 Å². The molecule has 0 saturated carbocycles. The molecule has 0 atom stereocenters. The van der Waals surface area contributed by atoms with Crippen LogP contribution in [0.25, 0.3) is 0 Å². The lowest BCUT2D eigenvalue weighted by Gasteiger charge is -2.17. The van der Waals surface area contributed by atoms with E-state index in [1.807, 2.05) is 13.8 Å². The Hall–Kier alpha value is -0.860. The van der Waals surface area contributed by atoms with E-state index < -0.39 is 10.0 Å². The van der Waals surface area contributed by atoms with Crippen molar-refractivity contribution in [2.75, 3.05) is 26.0 Å². The molecule has 0 heterocycles. The van der Waals surface area contributed by atoms with Gasteiger partial charge in [0.15, 0.2) is 0 Å². The van der Waals surface area contributed by atoms with Crippen molar-refractivity contribution in [1.82, 2.24) is 4.31 Å². The number of nitrogens with two attached hydrogens (primary N) is 1. The Bertz CT molecular complexity index is 340. The molecule has 0 bridgehead atoms. The maximum atomic E-state index is 11.7. The molecule has 102 valence electrons. The Balaban J connectivity index is 4.12. The van der Waals surface area contributed by atoms with Gasteiger partial charge in [0.05, 0.1) is 18.5 Å². The molecule has 0 aliphatic heterocycles. The second kappa shape index (κ2) is 7.46. The minimum absolute atomic E-state index is 0.00507. The minimum Gasteiger partial charge on any atom is -0.409 e. The van der Waals surface area contributed by atoms with Crippen LogP contribution in [0.5, 0.6) is 0 Å². The molecule has 7 nitrogen and oxygen atoms in total. The van der Waals surface area contributed by atoms with E-state index in [-0.39, 0.29) is 37.3 Å². The zero-order valence-electron chi connectivity index (χ0n) is 10.5. The van der Waals surface area contributed by atoms with Gasteiger partial charge >= 0.3 is 0 Å². The number of rotatable bonds is 8. The van der Waals surface area contributed by atoms with E-state index in [4.69, 9.17) is 15.7 Å². The molecule has 0 saturated heterocycles. The third-order valence-electron chi connectivity index (χ3n) is 2.08. The fourth-order valence-corrected chi connectivity index (χ4v) is 1.99. The van der Waals surface area contributed by atoms with Gasteiger partial charge in [-0.15, -0.1) is 0 Å². The third kappa shape index (κ3) is 7.14. The summed E-state index contributed by atoms with van der Waals surface area (Å²) in [6, 6.07) is 0. The normalized spacial score (nSPS) is 13.6. The van der Waals surface area contributed by atoms with Crippen LogP contribution in [0.3, 0.4) is 0 Å². The highest BCUT2D eigenvalue weighted by Gasteiger charge is 2.17. The summed E-state index contributed by atoms with van der Waals surface area (Å²) in [5, 5.41) is 11.1. The second-order valence-electron chi connectivity index (χ2n) is 3.90. The molecule has 0 aromatic rings. The van der Waals surface area contributed by atoms with Gasteiger partial charge in [-0.05, 0) is 13.8 Å². The summed E-state index contributed by atoms with van der Waals surface area (Å²) in [4.78, 5) is 0. The first-order valence-electron chi connectivity index (χ1n) is 5.31. The molecule has 0 amide bonds. The van der Waals surface area contributed by atoms with Gasteiger partial charge in [0.25, 0.3) is 0 Å². The SMILES string of the molecule is CC(C)OCCS(=O)(=O)N(C)CCC(N)=NO. The Morgan fingerprint density at radius 2 is 2.12 bits per heavy atom. The average Bonchev–Trinajstić information content (AvgIpc) is 2.24. The van der Waals surface area contributed by atoms with Crippen molar-refractivity contribution in [2.45, 2.75) is 26.4 Å². The minimum atomic E-state index is -3.34. The molecule has 8 heteroatoms. The van der Waals surface area contributed by atoms with Crippen molar-refractivity contribution >= 4 is 15.9 Å². The highest BCUT2D eigenvalue weighted by molar-refractivity contribution is 7.89. The van der Waals surface area contributed by atoms with Crippen molar-refractivity contribution in [3.8, 4) is 0 Å². The maximum absolute atomic E-state index is 11.7. The van der Waals surface area contributed by atoms with E-state index in [1.54, 1.807) is 0 Å². The first kappa shape index (κ1) is 16.1. The summed E-state index contributed by atoms with van der Waals surface area (Å²) in [6.07, 6.45) is 0.199. The lowest BCUT2D eigenvalue weighted by Crippen LogP contribution is -2.33. The van der Waals surface area contributed by atoms with Crippen LogP contribution in [0.4, 0.5) is 0 Å². The standard InChI is InChI=1S/C9H21N3O4S/c1-8(2)16-6-7-17(14,15)12(3)5-4-9(10)11-13/h8,13H,4-7H2,1-3H3,(H2,10,11). The molecule has 0 rings (SSSR count). The van der Waals surface area contributed by atoms with Crippen LogP contribution < -0.4 is 5.73 Å². The predicted molar refractivity (Wildman–Crippen MR) is 65.5 cm³/mol. The largest absolute Gasteiger partial charge is 0.409 e. The highest BCUT2D eigenvalue weighted by atomic mass is 32.2. The molecule has 0 aliphatic carbocycles. The fraction of sp³-hybridized carbons (Fsp3) is 0.889. The number of amidine groups is 1. The molecule has 0 spiro atoms. The van der Waals surface area contributed by atoms with Crippen LogP contribution in [0, 0.1) is 0 Å². The van der Waals surface area contributed by atoms with E-state index in [9.17, 15) is 8.42 Å². The van der Waals surface area contributed by atoms with Crippen LogP contribution in [0.1, 0.15) is 20.3 Å². The quantitative estimate of drug-likeness (QED) is 0.274. The smallest absolute Gasteiger partial charge is 0.216 e. The van der Waals surface area contributed by atoms with Gasteiger partial charge in [-0.25, -0.2) is 12.7 Å². The number of hydrogen-bond acceptors (Lipinski definition) is 5. The Kier molecular flexibility index (Phi) is 7.09. The number of nitrogens with zero attached hydrogens (tertiary/aromatic N) is 2. The molecule has 0 aromatic heterocycles. The Morgan fingerprint density at radius 1 is 1.53 bits per heavy atom. The second-order valence-corrected chi connectivity index (χ2v) is 6.09. The summed E-state index contributed by atoms with van der Waals surface area (Å²) in [6.45, 7) is 4.03. The fourth-order valence-electron chi connectivity index (χ4n) is 1.01. The van der Waals surface area contributed by atoms with Gasteiger partial charge in [0.2, 0.25) is 10.0 Å². The van der Waals surface area contributed by atoms with Crippen molar-refractivity contribution < 1.29 is 18.4 Å². The molecule has 0 aliphatic rings. The summed E-state index contributed by atoms with van der Waals surface area (Å²) in [5.74, 6) is -0.0665. The molecule has 3 N–H and O–H groups in total. The molecule has 0 fully saturated rings. The Morgan fingerprint density at radius 3 is 2.59 bits per heavy atom. The van der Waals surface area contributed by atoms with Crippen molar-refractivity contribution in [2.24, 2.45) is 10.9 Å². The summed E-state index contributed by atoms with van der Waals surface area (Å²) in [7, 11) is -1.89. The maximum Gasteiger partial charge on any atom is 0.216 e. The molecule has 17 heavy (non-hydrogen) atoms. The number of sulfonamides is 1. The first-order chi connectivity index (χ1) is 7.79. The molecule has 0 aromatic carbocycles. The van der Waals surface area contributed by atoms with E-state index in [2.05, 4.69) is 5.16 Å². The Labute approximate surface area is 102 Å². The number of ether oxygens (including phenoxy) is 1. The van der Waals surface area contributed by atoms with Gasteiger partial charge in [0.1, 0.15) is 5.84 Å². The monoisotopic (exact) mass is 267 g/mol. The van der Waals surface area contributed by atoms with Crippen molar-refractivity contribution in [3.05, 3.63) is 0 Å². The molecule has 0 unspecified atom stereocenters. The summed E-state index contributed by atoms with van der Waals surface area (Å²) >= 11 is 0. The number of oxime groups is 1. The summed E-state index contributed by atoms with van der Waals surface area (Å²) in [5.41, 5.74) is 5.26. The van der Waals surface area contributed by atoms with Crippen LogP contribution >= 0.6 is 0 Å². The van der Waals surface area contributed by atoms with Gasteiger partial charge in [-0.1, -0.05) is 5.16 Å². The van der Waals surface area contributed by atoms with Gasteiger partial charge < -0.3 is 15.7 Å². The lowest BCUT2D eigenvalue weighted by molar-refractivity contribution is 0.0908. The van der Waals surface area contributed by atoms with Crippen LogP contribution in [0.15, 0.2) is 5.16 Å². The van der Waals surface area contributed by atoms with E-state index >= 15 is 0 Å². The van der Waals surface area contributed by atoms with Crippen molar-refractivity contribution in [1.29, 1.82) is 0 Å². The van der Waals surface area contributed by atoms with Gasteiger partial charge in [-0.2, -0.15) is 0 Å². The highest BCUT2D eigenvalue weighted by Crippen LogP contribution is 2.00.